The third kappa shape index (κ3) is 4.46. The van der Waals surface area contributed by atoms with Crippen molar-refractivity contribution >= 4 is 21.7 Å². The van der Waals surface area contributed by atoms with Crippen LogP contribution in [0.3, 0.4) is 0 Å². The number of esters is 1. The van der Waals surface area contributed by atoms with Crippen molar-refractivity contribution in [3.05, 3.63) is 54.1 Å². The van der Waals surface area contributed by atoms with E-state index in [4.69, 9.17) is 4.74 Å². The number of ether oxygens (including phenoxy) is 2. The van der Waals surface area contributed by atoms with Gasteiger partial charge in [-0.3, -0.25) is 4.72 Å². The fourth-order valence-electron chi connectivity index (χ4n) is 1.87. The molecule has 122 valence electrons. The third-order valence-electron chi connectivity index (χ3n) is 3.06. The molecule has 0 aromatic heterocycles. The zero-order valence-corrected chi connectivity index (χ0v) is 13.6. The van der Waals surface area contributed by atoms with Crippen LogP contribution < -0.4 is 9.46 Å². The second-order valence-corrected chi connectivity index (χ2v) is 6.45. The Morgan fingerprint density at radius 1 is 1.13 bits per heavy atom. The molecule has 0 heterocycles. The van der Waals surface area contributed by atoms with Crippen molar-refractivity contribution in [3.63, 3.8) is 0 Å². The van der Waals surface area contributed by atoms with Crippen LogP contribution in [0.15, 0.2) is 53.4 Å². The fraction of sp³-hybridized carbons (Fsp3) is 0.188. The van der Waals surface area contributed by atoms with Crippen molar-refractivity contribution in [2.24, 2.45) is 0 Å². The van der Waals surface area contributed by atoms with Crippen LogP contribution in [0.2, 0.25) is 0 Å². The van der Waals surface area contributed by atoms with Crippen LogP contribution in [0.25, 0.3) is 0 Å². The molecule has 0 aliphatic rings. The minimum absolute atomic E-state index is 0.115. The van der Waals surface area contributed by atoms with E-state index < -0.39 is 16.0 Å². The van der Waals surface area contributed by atoms with Crippen molar-refractivity contribution in [2.75, 3.05) is 18.4 Å². The highest BCUT2D eigenvalue weighted by molar-refractivity contribution is 7.92. The number of benzene rings is 2. The van der Waals surface area contributed by atoms with Crippen LogP contribution in [-0.2, 0) is 19.6 Å². The van der Waals surface area contributed by atoms with E-state index in [-0.39, 0.29) is 11.5 Å². The minimum Gasteiger partial charge on any atom is -0.482 e. The molecule has 0 radical (unpaired) electrons. The molecule has 23 heavy (non-hydrogen) atoms. The first-order chi connectivity index (χ1) is 10.9. The van der Waals surface area contributed by atoms with Crippen molar-refractivity contribution in [1.82, 2.24) is 0 Å². The standard InChI is InChI=1S/C16H17NO5S/c1-12-10-14(8-9-15(12)22-11-16(18)21-2)23(19,20)17-13-6-4-3-5-7-13/h3-10,17H,11H2,1-2H3. The van der Waals surface area contributed by atoms with E-state index >= 15 is 0 Å². The van der Waals surface area contributed by atoms with E-state index in [1.807, 2.05) is 0 Å². The number of aryl methyl sites for hydroxylation is 1. The Bertz CT molecular complexity index is 787. The molecule has 0 bridgehead atoms. The van der Waals surface area contributed by atoms with Gasteiger partial charge in [-0.1, -0.05) is 18.2 Å². The number of nitrogens with one attached hydrogen (secondary N) is 1. The highest BCUT2D eigenvalue weighted by Crippen LogP contribution is 2.23. The van der Waals surface area contributed by atoms with E-state index in [0.29, 0.717) is 17.0 Å². The van der Waals surface area contributed by atoms with Gasteiger partial charge in [0.05, 0.1) is 12.0 Å². The van der Waals surface area contributed by atoms with Crippen molar-refractivity contribution in [3.8, 4) is 5.75 Å². The van der Waals surface area contributed by atoms with Gasteiger partial charge < -0.3 is 9.47 Å². The van der Waals surface area contributed by atoms with Gasteiger partial charge in [-0.25, -0.2) is 13.2 Å². The Morgan fingerprint density at radius 2 is 1.83 bits per heavy atom. The van der Waals surface area contributed by atoms with Gasteiger partial charge >= 0.3 is 5.97 Å². The molecule has 2 aromatic carbocycles. The number of anilines is 1. The molecule has 7 heteroatoms. The number of hydrogen-bond donors (Lipinski definition) is 1. The SMILES string of the molecule is COC(=O)COc1ccc(S(=O)(=O)Nc2ccccc2)cc1C. The predicted octanol–water partition coefficient (Wildman–Crippen LogP) is 2.35. The molecule has 0 amide bonds. The summed E-state index contributed by atoms with van der Waals surface area (Å²) < 4.78 is 37.0. The van der Waals surface area contributed by atoms with Crippen LogP contribution in [0, 0.1) is 6.92 Å². The van der Waals surface area contributed by atoms with Crippen LogP contribution in [-0.4, -0.2) is 28.1 Å². The number of methoxy groups -OCH3 is 1. The van der Waals surface area contributed by atoms with Gasteiger partial charge in [0.15, 0.2) is 6.61 Å². The molecule has 0 saturated carbocycles. The second kappa shape index (κ2) is 7.15. The lowest BCUT2D eigenvalue weighted by molar-refractivity contribution is -0.142. The molecule has 0 aliphatic carbocycles. The van der Waals surface area contributed by atoms with Crippen molar-refractivity contribution < 1.29 is 22.7 Å². The summed E-state index contributed by atoms with van der Waals surface area (Å²) in [5.74, 6) is -0.0825. The Kier molecular flexibility index (Phi) is 5.23. The van der Waals surface area contributed by atoms with E-state index in [1.165, 1.54) is 25.3 Å². The molecule has 2 aromatic rings. The zero-order chi connectivity index (χ0) is 16.9. The lowest BCUT2D eigenvalue weighted by atomic mass is 10.2. The minimum atomic E-state index is -3.69. The largest absolute Gasteiger partial charge is 0.482 e. The van der Waals surface area contributed by atoms with Crippen LogP contribution in [0.1, 0.15) is 5.56 Å². The van der Waals surface area contributed by atoms with Crippen LogP contribution >= 0.6 is 0 Å². The lowest BCUT2D eigenvalue weighted by Crippen LogP contribution is -2.14. The van der Waals surface area contributed by atoms with E-state index in [9.17, 15) is 13.2 Å². The van der Waals surface area contributed by atoms with Gasteiger partial charge in [0.25, 0.3) is 10.0 Å². The number of rotatable bonds is 6. The van der Waals surface area contributed by atoms with E-state index in [1.54, 1.807) is 37.3 Å². The van der Waals surface area contributed by atoms with Gasteiger partial charge in [-0.2, -0.15) is 0 Å². The van der Waals surface area contributed by atoms with E-state index in [2.05, 4.69) is 9.46 Å². The average Bonchev–Trinajstić information content (AvgIpc) is 2.53. The molecule has 0 spiro atoms. The summed E-state index contributed by atoms with van der Waals surface area (Å²) in [6, 6.07) is 13.0. The summed E-state index contributed by atoms with van der Waals surface area (Å²) in [4.78, 5) is 11.2. The Morgan fingerprint density at radius 3 is 2.43 bits per heavy atom. The van der Waals surface area contributed by atoms with Gasteiger partial charge in [-0.05, 0) is 42.8 Å². The number of carbonyl (C=O) groups is 1. The number of sulfonamides is 1. The molecule has 1 N–H and O–H groups in total. The highest BCUT2D eigenvalue weighted by atomic mass is 32.2. The Balaban J connectivity index is 2.17. The third-order valence-corrected chi connectivity index (χ3v) is 4.43. The maximum Gasteiger partial charge on any atom is 0.343 e. The second-order valence-electron chi connectivity index (χ2n) is 4.76. The summed E-state index contributed by atoms with van der Waals surface area (Å²) in [5.41, 5.74) is 1.08. The summed E-state index contributed by atoms with van der Waals surface area (Å²) >= 11 is 0. The Labute approximate surface area is 135 Å². The number of carbonyl (C=O) groups excluding carboxylic acids is 1. The highest BCUT2D eigenvalue weighted by Gasteiger charge is 2.16. The van der Waals surface area contributed by atoms with Crippen LogP contribution in [0.5, 0.6) is 5.75 Å². The Hall–Kier alpha value is -2.54. The lowest BCUT2D eigenvalue weighted by Gasteiger charge is -2.11. The molecule has 0 atom stereocenters. The van der Waals surface area contributed by atoms with Crippen molar-refractivity contribution in [2.45, 2.75) is 11.8 Å². The zero-order valence-electron chi connectivity index (χ0n) is 12.8. The molecule has 6 nitrogen and oxygen atoms in total. The van der Waals surface area contributed by atoms with Gasteiger partial charge in [0.2, 0.25) is 0 Å². The van der Waals surface area contributed by atoms with E-state index in [0.717, 1.165) is 0 Å². The summed E-state index contributed by atoms with van der Waals surface area (Å²) in [7, 11) is -2.42. The number of para-hydroxylation sites is 1. The molecule has 0 saturated heterocycles. The topological polar surface area (TPSA) is 81.7 Å². The predicted molar refractivity (Wildman–Crippen MR) is 85.9 cm³/mol. The summed E-state index contributed by atoms with van der Waals surface area (Å²) in [6.07, 6.45) is 0. The maximum absolute atomic E-state index is 12.4. The molecule has 2 rings (SSSR count). The molecule has 0 aliphatic heterocycles. The summed E-state index contributed by atoms with van der Waals surface area (Å²) in [6.45, 7) is 1.47. The molecule has 0 fully saturated rings. The average molecular weight is 335 g/mol. The first kappa shape index (κ1) is 16.8. The molecular formula is C16H17NO5S. The first-order valence-corrected chi connectivity index (χ1v) is 8.29. The summed E-state index contributed by atoms with van der Waals surface area (Å²) in [5, 5.41) is 0. The quantitative estimate of drug-likeness (QED) is 0.820. The van der Waals surface area contributed by atoms with Gasteiger partial charge in [0.1, 0.15) is 5.75 Å². The molecule has 0 unspecified atom stereocenters. The first-order valence-electron chi connectivity index (χ1n) is 6.80. The monoisotopic (exact) mass is 335 g/mol. The number of hydrogen-bond acceptors (Lipinski definition) is 5. The molecular weight excluding hydrogens is 318 g/mol. The smallest absolute Gasteiger partial charge is 0.343 e. The van der Waals surface area contributed by atoms with Gasteiger partial charge in [0, 0.05) is 5.69 Å². The van der Waals surface area contributed by atoms with Gasteiger partial charge in [-0.15, -0.1) is 0 Å². The van der Waals surface area contributed by atoms with Crippen molar-refractivity contribution in [1.29, 1.82) is 0 Å². The maximum atomic E-state index is 12.4. The fourth-order valence-corrected chi connectivity index (χ4v) is 3.01. The normalized spacial score (nSPS) is 10.9. The van der Waals surface area contributed by atoms with Crippen LogP contribution in [0.4, 0.5) is 5.69 Å².